The van der Waals surface area contributed by atoms with Crippen LogP contribution in [0.5, 0.6) is 5.75 Å². The summed E-state index contributed by atoms with van der Waals surface area (Å²) in [6, 6.07) is 4.61. The molecule has 5 nitrogen and oxygen atoms in total. The summed E-state index contributed by atoms with van der Waals surface area (Å²) in [4.78, 5) is 13.5. The zero-order valence-electron chi connectivity index (χ0n) is 11.0. The second kappa shape index (κ2) is 5.09. The number of hydrogen-bond donors (Lipinski definition) is 2. The highest BCUT2D eigenvalue weighted by atomic mass is 35.5. The highest BCUT2D eigenvalue weighted by molar-refractivity contribution is 6.32. The standard InChI is InChI=1S/C13H16ClN3O2/c1-7(2)17-11(12(15)16-13(17)18)8-4-5-10(19-3)9(14)6-8/h4-7,11H,1-3H3,(H2,15,16,18). The molecular weight excluding hydrogens is 266 g/mol. The van der Waals surface area contributed by atoms with Crippen molar-refractivity contribution in [2.75, 3.05) is 7.11 Å². The van der Waals surface area contributed by atoms with Crippen LogP contribution in [0.2, 0.25) is 5.02 Å². The summed E-state index contributed by atoms with van der Waals surface area (Å²) < 4.78 is 5.10. The zero-order chi connectivity index (χ0) is 14.2. The molecule has 0 saturated carbocycles. The number of urea groups is 1. The number of benzene rings is 1. The van der Waals surface area contributed by atoms with Crippen molar-refractivity contribution >= 4 is 23.5 Å². The maximum atomic E-state index is 11.8. The van der Waals surface area contributed by atoms with Gasteiger partial charge in [-0.1, -0.05) is 17.7 Å². The van der Waals surface area contributed by atoms with E-state index in [2.05, 4.69) is 5.32 Å². The van der Waals surface area contributed by atoms with Crippen LogP contribution in [0.15, 0.2) is 18.2 Å². The van der Waals surface area contributed by atoms with Crippen LogP contribution < -0.4 is 10.1 Å². The van der Waals surface area contributed by atoms with Gasteiger partial charge in [0.15, 0.2) is 0 Å². The molecule has 1 heterocycles. The number of amides is 2. The fourth-order valence-corrected chi connectivity index (χ4v) is 2.48. The van der Waals surface area contributed by atoms with E-state index in [9.17, 15) is 4.79 Å². The Morgan fingerprint density at radius 3 is 2.68 bits per heavy atom. The molecule has 0 spiro atoms. The van der Waals surface area contributed by atoms with Crippen molar-refractivity contribution in [3.63, 3.8) is 0 Å². The van der Waals surface area contributed by atoms with Crippen LogP contribution in [-0.2, 0) is 0 Å². The van der Waals surface area contributed by atoms with Gasteiger partial charge in [-0.3, -0.25) is 10.7 Å². The predicted molar refractivity (Wildman–Crippen MR) is 74.0 cm³/mol. The Bertz CT molecular complexity index is 531. The lowest BCUT2D eigenvalue weighted by Gasteiger charge is -2.26. The van der Waals surface area contributed by atoms with Crippen LogP contribution >= 0.6 is 11.6 Å². The summed E-state index contributed by atoms with van der Waals surface area (Å²) in [5.74, 6) is 0.741. The molecule has 1 aromatic rings. The molecule has 6 heteroatoms. The Morgan fingerprint density at radius 1 is 1.47 bits per heavy atom. The first-order valence-electron chi connectivity index (χ1n) is 5.97. The van der Waals surface area contributed by atoms with E-state index in [1.54, 1.807) is 24.1 Å². The van der Waals surface area contributed by atoms with Gasteiger partial charge in [0, 0.05) is 6.04 Å². The topological polar surface area (TPSA) is 65.4 Å². The van der Waals surface area contributed by atoms with Gasteiger partial charge in [0.25, 0.3) is 0 Å². The Balaban J connectivity index is 2.41. The Hall–Kier alpha value is -1.75. The number of nitrogens with zero attached hydrogens (tertiary/aromatic N) is 1. The molecule has 1 aliphatic rings. The fraction of sp³-hybridized carbons (Fsp3) is 0.385. The molecule has 1 unspecified atom stereocenters. The first kappa shape index (κ1) is 13.7. The lowest BCUT2D eigenvalue weighted by molar-refractivity contribution is 0.190. The number of rotatable bonds is 3. The first-order valence-corrected chi connectivity index (χ1v) is 6.34. The number of nitrogens with one attached hydrogen (secondary N) is 2. The minimum Gasteiger partial charge on any atom is -0.495 e. The van der Waals surface area contributed by atoms with Crippen LogP contribution in [0, 0.1) is 5.41 Å². The molecule has 1 aromatic carbocycles. The van der Waals surface area contributed by atoms with Gasteiger partial charge in [0.2, 0.25) is 0 Å². The molecule has 2 N–H and O–H groups in total. The molecule has 1 aliphatic heterocycles. The van der Waals surface area contributed by atoms with Crippen LogP contribution in [0.25, 0.3) is 0 Å². The average Bonchev–Trinajstić information content (AvgIpc) is 2.64. The number of hydrogen-bond acceptors (Lipinski definition) is 3. The fourth-order valence-electron chi connectivity index (χ4n) is 2.22. The van der Waals surface area contributed by atoms with Crippen molar-refractivity contribution in [1.29, 1.82) is 5.41 Å². The summed E-state index contributed by atoms with van der Waals surface area (Å²) in [6.07, 6.45) is 0. The van der Waals surface area contributed by atoms with Crippen molar-refractivity contribution in [3.05, 3.63) is 28.8 Å². The zero-order valence-corrected chi connectivity index (χ0v) is 11.8. The van der Waals surface area contributed by atoms with Gasteiger partial charge < -0.3 is 9.64 Å². The van der Waals surface area contributed by atoms with Crippen LogP contribution in [0.4, 0.5) is 4.79 Å². The monoisotopic (exact) mass is 281 g/mol. The number of carbonyl (C=O) groups excluding carboxylic acids is 1. The molecule has 102 valence electrons. The maximum absolute atomic E-state index is 11.8. The van der Waals surface area contributed by atoms with E-state index in [1.165, 1.54) is 0 Å². The molecule has 1 fully saturated rings. The second-order valence-corrected chi connectivity index (χ2v) is 5.05. The van der Waals surface area contributed by atoms with Gasteiger partial charge in [-0.15, -0.1) is 0 Å². The number of halogens is 1. The average molecular weight is 282 g/mol. The Morgan fingerprint density at radius 2 is 2.16 bits per heavy atom. The van der Waals surface area contributed by atoms with E-state index < -0.39 is 6.04 Å². The van der Waals surface area contributed by atoms with Gasteiger partial charge in [-0.05, 0) is 31.5 Å². The lowest BCUT2D eigenvalue weighted by Crippen LogP contribution is -2.35. The van der Waals surface area contributed by atoms with E-state index in [0.29, 0.717) is 10.8 Å². The van der Waals surface area contributed by atoms with Gasteiger partial charge in [-0.2, -0.15) is 0 Å². The van der Waals surface area contributed by atoms with E-state index in [-0.39, 0.29) is 17.9 Å². The lowest BCUT2D eigenvalue weighted by atomic mass is 10.0. The molecule has 0 bridgehead atoms. The molecule has 2 rings (SSSR count). The smallest absolute Gasteiger partial charge is 0.323 e. The van der Waals surface area contributed by atoms with Crippen LogP contribution in [0.3, 0.4) is 0 Å². The minimum absolute atomic E-state index is 0.00581. The number of ether oxygens (including phenoxy) is 1. The van der Waals surface area contributed by atoms with Crippen molar-refractivity contribution in [2.45, 2.75) is 25.9 Å². The normalized spacial score (nSPS) is 19.0. The minimum atomic E-state index is -0.420. The van der Waals surface area contributed by atoms with Crippen molar-refractivity contribution in [1.82, 2.24) is 10.2 Å². The van der Waals surface area contributed by atoms with E-state index in [1.807, 2.05) is 19.9 Å². The van der Waals surface area contributed by atoms with Gasteiger partial charge >= 0.3 is 6.03 Å². The van der Waals surface area contributed by atoms with Crippen LogP contribution in [-0.4, -0.2) is 29.9 Å². The quantitative estimate of drug-likeness (QED) is 0.895. The third-order valence-electron chi connectivity index (χ3n) is 3.08. The second-order valence-electron chi connectivity index (χ2n) is 4.64. The van der Waals surface area contributed by atoms with Gasteiger partial charge in [-0.25, -0.2) is 4.79 Å². The van der Waals surface area contributed by atoms with E-state index in [4.69, 9.17) is 21.7 Å². The highest BCUT2D eigenvalue weighted by Crippen LogP contribution is 2.33. The summed E-state index contributed by atoms with van der Waals surface area (Å²) in [5, 5.41) is 10.9. The maximum Gasteiger partial charge on any atom is 0.323 e. The molecule has 1 atom stereocenters. The summed E-state index contributed by atoms with van der Waals surface area (Å²) in [6.45, 7) is 3.83. The number of carbonyl (C=O) groups is 1. The summed E-state index contributed by atoms with van der Waals surface area (Å²) in [5.41, 5.74) is 0.794. The van der Waals surface area contributed by atoms with E-state index in [0.717, 1.165) is 5.56 Å². The molecular formula is C13H16ClN3O2. The van der Waals surface area contributed by atoms with Crippen molar-refractivity contribution in [2.24, 2.45) is 0 Å². The Labute approximate surface area is 117 Å². The van der Waals surface area contributed by atoms with Crippen molar-refractivity contribution in [3.8, 4) is 5.75 Å². The molecule has 1 saturated heterocycles. The third kappa shape index (κ3) is 2.38. The van der Waals surface area contributed by atoms with Crippen molar-refractivity contribution < 1.29 is 9.53 Å². The molecule has 0 aliphatic carbocycles. The number of methoxy groups -OCH3 is 1. The molecule has 19 heavy (non-hydrogen) atoms. The first-order chi connectivity index (χ1) is 8.95. The molecule has 0 radical (unpaired) electrons. The third-order valence-corrected chi connectivity index (χ3v) is 3.37. The molecule has 0 aromatic heterocycles. The van der Waals surface area contributed by atoms with E-state index >= 15 is 0 Å². The predicted octanol–water partition coefficient (Wildman–Crippen LogP) is 2.80. The Kier molecular flexibility index (Phi) is 3.66. The molecule has 2 amide bonds. The summed E-state index contributed by atoms with van der Waals surface area (Å²) in [7, 11) is 1.55. The van der Waals surface area contributed by atoms with Gasteiger partial charge in [0.1, 0.15) is 17.6 Å². The largest absolute Gasteiger partial charge is 0.495 e. The highest BCUT2D eigenvalue weighted by Gasteiger charge is 2.38. The summed E-state index contributed by atoms with van der Waals surface area (Å²) >= 11 is 6.10. The number of amidine groups is 1. The van der Waals surface area contributed by atoms with Gasteiger partial charge in [0.05, 0.1) is 12.1 Å². The van der Waals surface area contributed by atoms with Crippen LogP contribution in [0.1, 0.15) is 25.5 Å². The SMILES string of the molecule is COc1ccc(C2C(=N)NC(=O)N2C(C)C)cc1Cl.